The molecule has 2 N–H and O–H groups in total. The van der Waals surface area contributed by atoms with E-state index in [1.165, 1.54) is 0 Å². The standard InChI is InChI=1S/C16H29NO2/c1-15(2)9-13(16(3,4)19-15)14(18)12-7-5-11(10-17)6-8-12/h11-13H,5-10,17H2,1-4H3. The second kappa shape index (κ2) is 5.17. The Morgan fingerprint density at radius 1 is 1.16 bits per heavy atom. The maximum Gasteiger partial charge on any atom is 0.142 e. The summed E-state index contributed by atoms with van der Waals surface area (Å²) in [6.07, 6.45) is 5.13. The van der Waals surface area contributed by atoms with E-state index in [1.54, 1.807) is 0 Å². The fraction of sp³-hybridized carbons (Fsp3) is 0.938. The van der Waals surface area contributed by atoms with E-state index in [2.05, 4.69) is 27.7 Å². The van der Waals surface area contributed by atoms with Gasteiger partial charge in [0.1, 0.15) is 5.78 Å². The molecule has 2 rings (SSSR count). The molecular weight excluding hydrogens is 238 g/mol. The van der Waals surface area contributed by atoms with Crippen LogP contribution in [-0.4, -0.2) is 23.5 Å². The van der Waals surface area contributed by atoms with E-state index >= 15 is 0 Å². The number of nitrogens with two attached hydrogens (primary N) is 1. The van der Waals surface area contributed by atoms with Gasteiger partial charge in [-0.15, -0.1) is 0 Å². The van der Waals surface area contributed by atoms with Crippen molar-refractivity contribution in [3.05, 3.63) is 0 Å². The summed E-state index contributed by atoms with van der Waals surface area (Å²) in [7, 11) is 0. The number of carbonyl (C=O) groups excluding carboxylic acids is 1. The van der Waals surface area contributed by atoms with Crippen molar-refractivity contribution in [1.29, 1.82) is 0 Å². The van der Waals surface area contributed by atoms with Crippen molar-refractivity contribution in [1.82, 2.24) is 0 Å². The average Bonchev–Trinajstić information content (AvgIpc) is 2.56. The van der Waals surface area contributed by atoms with E-state index < -0.39 is 0 Å². The molecule has 2 aliphatic rings. The van der Waals surface area contributed by atoms with Crippen LogP contribution in [0.4, 0.5) is 0 Å². The summed E-state index contributed by atoms with van der Waals surface area (Å²) < 4.78 is 6.06. The summed E-state index contributed by atoms with van der Waals surface area (Å²) in [6, 6.07) is 0. The highest BCUT2D eigenvalue weighted by Gasteiger charge is 2.50. The van der Waals surface area contributed by atoms with Crippen LogP contribution < -0.4 is 5.73 Å². The van der Waals surface area contributed by atoms with Crippen molar-refractivity contribution in [2.24, 2.45) is 23.5 Å². The van der Waals surface area contributed by atoms with Crippen LogP contribution in [0.5, 0.6) is 0 Å². The Balaban J connectivity index is 2.01. The minimum absolute atomic E-state index is 0.0573. The lowest BCUT2D eigenvalue weighted by Crippen LogP contribution is -2.38. The molecule has 1 saturated heterocycles. The SMILES string of the molecule is CC1(C)CC(C(=O)C2CCC(CN)CC2)C(C)(C)O1. The zero-order valence-corrected chi connectivity index (χ0v) is 12.9. The molecule has 1 heterocycles. The molecule has 3 nitrogen and oxygen atoms in total. The number of Topliss-reactive ketones (excluding diaryl/α,β-unsaturated/α-hetero) is 1. The topological polar surface area (TPSA) is 52.3 Å². The molecule has 1 aliphatic carbocycles. The van der Waals surface area contributed by atoms with Crippen LogP contribution in [0.2, 0.25) is 0 Å². The number of rotatable bonds is 3. The molecule has 1 unspecified atom stereocenters. The Hall–Kier alpha value is -0.410. The number of hydrogen-bond donors (Lipinski definition) is 1. The third-order valence-electron chi connectivity index (χ3n) is 5.00. The fourth-order valence-electron chi connectivity index (χ4n) is 3.97. The van der Waals surface area contributed by atoms with Crippen molar-refractivity contribution in [2.45, 2.75) is 71.0 Å². The lowest BCUT2D eigenvalue weighted by atomic mass is 9.73. The Bertz CT molecular complexity index is 341. The maximum atomic E-state index is 12.8. The van der Waals surface area contributed by atoms with Gasteiger partial charge in [-0.3, -0.25) is 4.79 Å². The van der Waals surface area contributed by atoms with E-state index in [9.17, 15) is 4.79 Å². The molecule has 2 fully saturated rings. The third-order valence-corrected chi connectivity index (χ3v) is 5.00. The van der Waals surface area contributed by atoms with Gasteiger partial charge >= 0.3 is 0 Å². The second-order valence-corrected chi connectivity index (χ2v) is 7.58. The van der Waals surface area contributed by atoms with Gasteiger partial charge in [0.05, 0.1) is 11.2 Å². The summed E-state index contributed by atoms with van der Waals surface area (Å²) in [5, 5.41) is 0. The maximum absolute atomic E-state index is 12.8. The first-order valence-electron chi connectivity index (χ1n) is 7.69. The van der Waals surface area contributed by atoms with Crippen molar-refractivity contribution in [2.75, 3.05) is 6.54 Å². The fourth-order valence-corrected chi connectivity index (χ4v) is 3.97. The highest BCUT2D eigenvalue weighted by molar-refractivity contribution is 5.85. The summed E-state index contributed by atoms with van der Waals surface area (Å²) in [6.45, 7) is 9.08. The van der Waals surface area contributed by atoms with Crippen LogP contribution in [0.25, 0.3) is 0 Å². The second-order valence-electron chi connectivity index (χ2n) is 7.58. The van der Waals surface area contributed by atoms with Gasteiger partial charge in [0, 0.05) is 11.8 Å². The minimum atomic E-state index is -0.314. The molecule has 0 aromatic rings. The Morgan fingerprint density at radius 3 is 2.16 bits per heavy atom. The van der Waals surface area contributed by atoms with E-state index in [-0.39, 0.29) is 23.0 Å². The lowest BCUT2D eigenvalue weighted by molar-refractivity contribution is -0.134. The van der Waals surface area contributed by atoms with Crippen molar-refractivity contribution < 1.29 is 9.53 Å². The number of hydrogen-bond acceptors (Lipinski definition) is 3. The molecule has 0 aromatic carbocycles. The van der Waals surface area contributed by atoms with Crippen LogP contribution >= 0.6 is 0 Å². The molecule has 0 amide bonds. The van der Waals surface area contributed by atoms with E-state index in [1.807, 2.05) is 0 Å². The van der Waals surface area contributed by atoms with E-state index in [0.717, 1.165) is 38.6 Å². The van der Waals surface area contributed by atoms with Gasteiger partial charge < -0.3 is 10.5 Å². The van der Waals surface area contributed by atoms with Gasteiger partial charge in [0.2, 0.25) is 0 Å². The van der Waals surface area contributed by atoms with Crippen LogP contribution in [0.15, 0.2) is 0 Å². The molecule has 0 spiro atoms. The van der Waals surface area contributed by atoms with Crippen LogP contribution in [0.3, 0.4) is 0 Å². The summed E-state index contributed by atoms with van der Waals surface area (Å²) >= 11 is 0. The zero-order valence-electron chi connectivity index (χ0n) is 12.9. The third kappa shape index (κ3) is 3.19. The monoisotopic (exact) mass is 267 g/mol. The zero-order chi connectivity index (χ0) is 14.3. The molecule has 3 heteroatoms. The molecule has 0 aromatic heterocycles. The van der Waals surface area contributed by atoms with Crippen LogP contribution in [0, 0.1) is 17.8 Å². The smallest absolute Gasteiger partial charge is 0.142 e. The normalized spacial score (nSPS) is 37.2. The molecule has 1 aliphatic heterocycles. The quantitative estimate of drug-likeness (QED) is 0.855. The largest absolute Gasteiger partial charge is 0.369 e. The molecule has 0 bridgehead atoms. The number of ketones is 1. The van der Waals surface area contributed by atoms with Crippen molar-refractivity contribution in [3.63, 3.8) is 0 Å². The van der Waals surface area contributed by atoms with E-state index in [4.69, 9.17) is 10.5 Å². The Morgan fingerprint density at radius 2 is 1.74 bits per heavy atom. The van der Waals surface area contributed by atoms with Gasteiger partial charge in [-0.25, -0.2) is 0 Å². The highest BCUT2D eigenvalue weighted by Crippen LogP contribution is 2.45. The lowest BCUT2D eigenvalue weighted by Gasteiger charge is -2.32. The molecule has 0 radical (unpaired) electrons. The van der Waals surface area contributed by atoms with Gasteiger partial charge in [0.25, 0.3) is 0 Å². The first-order chi connectivity index (χ1) is 8.75. The highest BCUT2D eigenvalue weighted by atomic mass is 16.5. The predicted octanol–water partition coefficient (Wildman–Crippen LogP) is 2.91. The molecule has 19 heavy (non-hydrogen) atoms. The predicted molar refractivity (Wildman–Crippen MR) is 76.9 cm³/mol. The summed E-state index contributed by atoms with van der Waals surface area (Å²) in [5.74, 6) is 1.37. The molecule has 1 atom stereocenters. The van der Waals surface area contributed by atoms with E-state index in [0.29, 0.717) is 11.7 Å². The number of carbonyl (C=O) groups is 1. The minimum Gasteiger partial charge on any atom is -0.369 e. The Labute approximate surface area is 117 Å². The van der Waals surface area contributed by atoms with Crippen molar-refractivity contribution >= 4 is 5.78 Å². The molecule has 1 saturated carbocycles. The van der Waals surface area contributed by atoms with Gasteiger partial charge in [0.15, 0.2) is 0 Å². The average molecular weight is 267 g/mol. The van der Waals surface area contributed by atoms with Crippen LogP contribution in [0.1, 0.15) is 59.8 Å². The van der Waals surface area contributed by atoms with Crippen molar-refractivity contribution in [3.8, 4) is 0 Å². The van der Waals surface area contributed by atoms with Crippen LogP contribution in [-0.2, 0) is 9.53 Å². The van der Waals surface area contributed by atoms with Gasteiger partial charge in [-0.1, -0.05) is 0 Å². The number of ether oxygens (including phenoxy) is 1. The Kier molecular flexibility index (Phi) is 4.08. The summed E-state index contributed by atoms with van der Waals surface area (Å²) in [4.78, 5) is 12.8. The molecular formula is C16H29NO2. The molecule has 110 valence electrons. The first kappa shape index (κ1) is 15.0. The summed E-state index contributed by atoms with van der Waals surface area (Å²) in [5.41, 5.74) is 5.24. The van der Waals surface area contributed by atoms with Gasteiger partial charge in [-0.05, 0) is 72.3 Å². The van der Waals surface area contributed by atoms with Gasteiger partial charge in [-0.2, -0.15) is 0 Å². The first-order valence-corrected chi connectivity index (χ1v) is 7.69.